The van der Waals surface area contributed by atoms with Crippen molar-refractivity contribution < 1.29 is 8.42 Å². The Labute approximate surface area is 126 Å². The first-order valence-electron chi connectivity index (χ1n) is 7.47. The molecule has 1 unspecified atom stereocenters. The third kappa shape index (κ3) is 3.20. The van der Waals surface area contributed by atoms with Crippen LogP contribution in [0.15, 0.2) is 18.3 Å². The number of hydrogen-bond acceptors (Lipinski definition) is 5. The van der Waals surface area contributed by atoms with Gasteiger partial charge in [0.1, 0.15) is 5.82 Å². The second-order valence-electron chi connectivity index (χ2n) is 5.89. The van der Waals surface area contributed by atoms with Crippen LogP contribution in [-0.2, 0) is 16.6 Å². The van der Waals surface area contributed by atoms with E-state index in [2.05, 4.69) is 9.88 Å². The summed E-state index contributed by atoms with van der Waals surface area (Å²) in [6.45, 7) is 3.55. The summed E-state index contributed by atoms with van der Waals surface area (Å²) in [5.74, 6) is 0.507. The van der Waals surface area contributed by atoms with Crippen LogP contribution < -0.4 is 5.73 Å². The van der Waals surface area contributed by atoms with E-state index in [4.69, 9.17) is 5.73 Å². The number of pyridine rings is 1. The topological polar surface area (TPSA) is 79.5 Å². The predicted molar refractivity (Wildman–Crippen MR) is 82.1 cm³/mol. The second-order valence-corrected chi connectivity index (χ2v) is 8.10. The van der Waals surface area contributed by atoms with Crippen molar-refractivity contribution in [2.75, 3.05) is 31.9 Å². The fourth-order valence-electron chi connectivity index (χ4n) is 3.19. The summed E-state index contributed by atoms with van der Waals surface area (Å²) in [4.78, 5) is 6.17. The first-order chi connectivity index (χ1) is 10.1. The van der Waals surface area contributed by atoms with Gasteiger partial charge in [0.2, 0.25) is 10.0 Å². The van der Waals surface area contributed by atoms with Crippen molar-refractivity contribution >= 4 is 15.8 Å². The van der Waals surface area contributed by atoms with Crippen LogP contribution in [0.5, 0.6) is 0 Å². The van der Waals surface area contributed by atoms with E-state index in [1.165, 1.54) is 0 Å². The number of hydrogen-bond donors (Lipinski definition) is 1. The van der Waals surface area contributed by atoms with E-state index < -0.39 is 10.0 Å². The van der Waals surface area contributed by atoms with Crippen molar-refractivity contribution in [3.8, 4) is 0 Å². The standard InChI is InChI=1S/C14H22N4O2S/c15-14-9-12(3-5-16-14)10-17-8-4-13(11-17)21(19,20)18-6-1-2-7-18/h3,5,9,13H,1-2,4,6-8,10-11H2,(H2,15,16). The Hall–Kier alpha value is -1.18. The molecule has 1 aromatic rings. The molecule has 0 aliphatic carbocycles. The van der Waals surface area contributed by atoms with E-state index in [1.54, 1.807) is 10.5 Å². The van der Waals surface area contributed by atoms with Crippen molar-refractivity contribution in [3.63, 3.8) is 0 Å². The molecule has 3 heterocycles. The molecule has 2 aliphatic rings. The normalized spacial score (nSPS) is 24.7. The monoisotopic (exact) mass is 310 g/mol. The van der Waals surface area contributed by atoms with Crippen LogP contribution >= 0.6 is 0 Å². The Balaban J connectivity index is 1.62. The van der Waals surface area contributed by atoms with Gasteiger partial charge in [-0.2, -0.15) is 0 Å². The van der Waals surface area contributed by atoms with Crippen LogP contribution in [0, 0.1) is 0 Å². The maximum atomic E-state index is 12.6. The summed E-state index contributed by atoms with van der Waals surface area (Å²) in [5, 5.41) is -0.255. The van der Waals surface area contributed by atoms with E-state index in [1.807, 2.05) is 12.1 Å². The Morgan fingerprint density at radius 1 is 1.29 bits per heavy atom. The first kappa shape index (κ1) is 14.7. The molecular weight excluding hydrogens is 288 g/mol. The highest BCUT2D eigenvalue weighted by Crippen LogP contribution is 2.24. The highest BCUT2D eigenvalue weighted by atomic mass is 32.2. The lowest BCUT2D eigenvalue weighted by atomic mass is 10.2. The van der Waals surface area contributed by atoms with Crippen LogP contribution in [0.1, 0.15) is 24.8 Å². The number of likely N-dealkylation sites (tertiary alicyclic amines) is 1. The SMILES string of the molecule is Nc1cc(CN2CCC(S(=O)(=O)N3CCCC3)C2)ccn1. The Morgan fingerprint density at radius 3 is 2.76 bits per heavy atom. The van der Waals surface area contributed by atoms with Gasteiger partial charge in [0.15, 0.2) is 0 Å². The minimum absolute atomic E-state index is 0.255. The zero-order valence-corrected chi connectivity index (χ0v) is 12.9. The summed E-state index contributed by atoms with van der Waals surface area (Å²) < 4.78 is 26.8. The fraction of sp³-hybridized carbons (Fsp3) is 0.643. The number of aromatic nitrogens is 1. The smallest absolute Gasteiger partial charge is 0.218 e. The summed E-state index contributed by atoms with van der Waals surface area (Å²) in [6.07, 6.45) is 4.40. The molecule has 7 heteroatoms. The average molecular weight is 310 g/mol. The van der Waals surface area contributed by atoms with E-state index in [0.717, 1.165) is 37.9 Å². The Kier molecular flexibility index (Phi) is 4.14. The molecule has 21 heavy (non-hydrogen) atoms. The summed E-state index contributed by atoms with van der Waals surface area (Å²) in [7, 11) is -3.12. The number of rotatable bonds is 4. The molecule has 2 N–H and O–H groups in total. The van der Waals surface area contributed by atoms with E-state index in [-0.39, 0.29) is 5.25 Å². The molecule has 2 aliphatic heterocycles. The molecule has 2 saturated heterocycles. The zero-order chi connectivity index (χ0) is 14.9. The average Bonchev–Trinajstić information content (AvgIpc) is 3.10. The number of nitrogen functional groups attached to an aromatic ring is 1. The molecular formula is C14H22N4O2S. The van der Waals surface area contributed by atoms with Gasteiger partial charge >= 0.3 is 0 Å². The highest BCUT2D eigenvalue weighted by Gasteiger charge is 2.37. The van der Waals surface area contributed by atoms with Gasteiger partial charge in [-0.15, -0.1) is 0 Å². The van der Waals surface area contributed by atoms with Crippen molar-refractivity contribution in [2.24, 2.45) is 0 Å². The third-order valence-electron chi connectivity index (χ3n) is 4.33. The van der Waals surface area contributed by atoms with Gasteiger partial charge in [0.05, 0.1) is 5.25 Å². The summed E-state index contributed by atoms with van der Waals surface area (Å²) in [5.41, 5.74) is 6.76. The molecule has 0 amide bonds. The lowest BCUT2D eigenvalue weighted by molar-refractivity contribution is 0.330. The fourth-order valence-corrected chi connectivity index (χ4v) is 5.18. The molecule has 0 saturated carbocycles. The predicted octanol–water partition coefficient (Wildman–Crippen LogP) is 0.664. The quantitative estimate of drug-likeness (QED) is 0.884. The molecule has 3 rings (SSSR count). The first-order valence-corrected chi connectivity index (χ1v) is 8.98. The molecule has 0 bridgehead atoms. The summed E-state index contributed by atoms with van der Waals surface area (Å²) in [6, 6.07) is 3.78. The number of nitrogens with zero attached hydrogens (tertiary/aromatic N) is 3. The van der Waals surface area contributed by atoms with E-state index in [0.29, 0.717) is 25.5 Å². The summed E-state index contributed by atoms with van der Waals surface area (Å²) >= 11 is 0. The van der Waals surface area contributed by atoms with Crippen LogP contribution in [0.25, 0.3) is 0 Å². The van der Waals surface area contributed by atoms with E-state index >= 15 is 0 Å². The van der Waals surface area contributed by atoms with Gasteiger partial charge in [-0.05, 0) is 43.5 Å². The second kappa shape index (κ2) is 5.90. The maximum absolute atomic E-state index is 12.6. The van der Waals surface area contributed by atoms with Crippen molar-refractivity contribution in [3.05, 3.63) is 23.9 Å². The highest BCUT2D eigenvalue weighted by molar-refractivity contribution is 7.89. The van der Waals surface area contributed by atoms with Gasteiger partial charge in [0, 0.05) is 32.4 Å². The Morgan fingerprint density at radius 2 is 2.05 bits per heavy atom. The molecule has 1 aromatic heterocycles. The largest absolute Gasteiger partial charge is 0.384 e. The molecule has 1 atom stereocenters. The van der Waals surface area contributed by atoms with Crippen LogP contribution in [0.3, 0.4) is 0 Å². The maximum Gasteiger partial charge on any atom is 0.218 e. The molecule has 0 aromatic carbocycles. The van der Waals surface area contributed by atoms with Crippen LogP contribution in [-0.4, -0.2) is 54.0 Å². The van der Waals surface area contributed by atoms with Crippen molar-refractivity contribution in [2.45, 2.75) is 31.1 Å². The number of nitrogens with two attached hydrogens (primary N) is 1. The molecule has 6 nitrogen and oxygen atoms in total. The minimum atomic E-state index is -3.12. The molecule has 2 fully saturated rings. The molecule has 116 valence electrons. The lowest BCUT2D eigenvalue weighted by Gasteiger charge is -2.21. The Bertz CT molecular complexity index is 599. The van der Waals surface area contributed by atoms with Gasteiger partial charge in [-0.3, -0.25) is 4.90 Å². The van der Waals surface area contributed by atoms with Gasteiger partial charge in [-0.25, -0.2) is 17.7 Å². The minimum Gasteiger partial charge on any atom is -0.384 e. The number of sulfonamides is 1. The molecule has 0 radical (unpaired) electrons. The van der Waals surface area contributed by atoms with Crippen LogP contribution in [0.2, 0.25) is 0 Å². The van der Waals surface area contributed by atoms with Crippen LogP contribution in [0.4, 0.5) is 5.82 Å². The lowest BCUT2D eigenvalue weighted by Crippen LogP contribution is -2.38. The van der Waals surface area contributed by atoms with Gasteiger partial charge in [0.25, 0.3) is 0 Å². The van der Waals surface area contributed by atoms with Crippen molar-refractivity contribution in [1.29, 1.82) is 0 Å². The zero-order valence-electron chi connectivity index (χ0n) is 12.1. The third-order valence-corrected chi connectivity index (χ3v) is 6.64. The number of anilines is 1. The van der Waals surface area contributed by atoms with Gasteiger partial charge < -0.3 is 5.73 Å². The molecule has 0 spiro atoms. The van der Waals surface area contributed by atoms with Crippen molar-refractivity contribution in [1.82, 2.24) is 14.2 Å². The van der Waals surface area contributed by atoms with E-state index in [9.17, 15) is 8.42 Å². The van der Waals surface area contributed by atoms with Gasteiger partial charge in [-0.1, -0.05) is 0 Å².